The number of halogens is 1. The Labute approximate surface area is 107 Å². The highest BCUT2D eigenvalue weighted by Crippen LogP contribution is 2.12. The second-order valence-corrected chi connectivity index (χ2v) is 4.52. The van der Waals surface area contributed by atoms with Crippen molar-refractivity contribution in [3.8, 4) is 6.07 Å². The number of benzene rings is 1. The first-order valence-corrected chi connectivity index (χ1v) is 6.05. The fourth-order valence-electron chi connectivity index (χ4n) is 1.96. The molecule has 0 spiro atoms. The fourth-order valence-corrected chi connectivity index (χ4v) is 1.96. The second-order valence-electron chi connectivity index (χ2n) is 4.52. The summed E-state index contributed by atoms with van der Waals surface area (Å²) in [6.45, 7) is 4.29. The molecule has 1 N–H and O–H groups in total. The molecule has 1 saturated heterocycles. The molecule has 5 heteroatoms. The molecular weight excluding hydrogens is 231 g/mol. The highest BCUT2D eigenvalue weighted by atomic mass is 19.1. The predicted octanol–water partition coefficient (Wildman–Crippen LogP) is 0.949. The minimum absolute atomic E-state index is 0.104. The molecule has 0 aromatic heterocycles. The predicted molar refractivity (Wildman–Crippen MR) is 67.0 cm³/mol. The lowest BCUT2D eigenvalue weighted by atomic mass is 10.1. The van der Waals surface area contributed by atoms with Gasteiger partial charge in [-0.05, 0) is 13.1 Å². The van der Waals surface area contributed by atoms with Crippen molar-refractivity contribution in [2.45, 2.75) is 6.54 Å². The van der Waals surface area contributed by atoms with E-state index in [1.54, 1.807) is 12.1 Å². The average Bonchev–Trinajstić information content (AvgIpc) is 2.39. The van der Waals surface area contributed by atoms with Gasteiger partial charge in [-0.25, -0.2) is 9.40 Å². The van der Waals surface area contributed by atoms with Gasteiger partial charge in [-0.15, -0.1) is 0 Å². The number of likely N-dealkylation sites (N-methyl/N-ethyl adjacent to an activating group) is 1. The van der Waals surface area contributed by atoms with Crippen LogP contribution in [-0.4, -0.2) is 43.1 Å². The summed E-state index contributed by atoms with van der Waals surface area (Å²) < 4.78 is 13.8. The summed E-state index contributed by atoms with van der Waals surface area (Å²) in [7, 11) is 2.09. The molecule has 96 valence electrons. The quantitative estimate of drug-likeness (QED) is 0.865. The average molecular weight is 248 g/mol. The first-order chi connectivity index (χ1) is 8.70. The zero-order chi connectivity index (χ0) is 13.0. The molecule has 1 heterocycles. The van der Waals surface area contributed by atoms with Gasteiger partial charge in [0.05, 0.1) is 5.56 Å². The lowest BCUT2D eigenvalue weighted by molar-refractivity contribution is 0.102. The molecule has 1 fully saturated rings. The van der Waals surface area contributed by atoms with E-state index in [0.29, 0.717) is 12.1 Å². The molecule has 0 saturated carbocycles. The largest absolute Gasteiger partial charge is 0.304 e. The van der Waals surface area contributed by atoms with E-state index >= 15 is 0 Å². The van der Waals surface area contributed by atoms with Gasteiger partial charge in [-0.3, -0.25) is 5.43 Å². The van der Waals surface area contributed by atoms with Crippen LogP contribution in [0.5, 0.6) is 0 Å². The van der Waals surface area contributed by atoms with Crippen LogP contribution in [0, 0.1) is 17.1 Å². The van der Waals surface area contributed by atoms with Gasteiger partial charge in [0.2, 0.25) is 0 Å². The van der Waals surface area contributed by atoms with E-state index in [1.165, 1.54) is 6.07 Å². The summed E-state index contributed by atoms with van der Waals surface area (Å²) >= 11 is 0. The van der Waals surface area contributed by atoms with Gasteiger partial charge in [0.15, 0.2) is 0 Å². The molecule has 0 unspecified atom stereocenters. The molecular formula is C13H17FN4. The van der Waals surface area contributed by atoms with Crippen LogP contribution in [-0.2, 0) is 6.54 Å². The van der Waals surface area contributed by atoms with E-state index in [4.69, 9.17) is 5.26 Å². The molecule has 2 rings (SSSR count). The number of hydrazine groups is 1. The Morgan fingerprint density at radius 3 is 2.72 bits per heavy atom. The van der Waals surface area contributed by atoms with Crippen LogP contribution in [0.4, 0.5) is 4.39 Å². The lowest BCUT2D eigenvalue weighted by Crippen LogP contribution is -2.50. The fraction of sp³-hybridized carbons (Fsp3) is 0.462. The molecule has 4 nitrogen and oxygen atoms in total. The minimum Gasteiger partial charge on any atom is -0.304 e. The summed E-state index contributed by atoms with van der Waals surface area (Å²) in [5.41, 5.74) is 3.85. The standard InChI is InChI=1S/C13H17FN4/c1-17-5-7-18(8-6-17)16-10-12-4-2-3-11(9-15)13(12)14/h2-4,16H,5-8,10H2,1H3. The summed E-state index contributed by atoms with van der Waals surface area (Å²) in [5, 5.41) is 10.9. The zero-order valence-electron chi connectivity index (χ0n) is 10.5. The maximum absolute atomic E-state index is 13.8. The first kappa shape index (κ1) is 13.0. The Hall–Kier alpha value is -1.48. The van der Waals surface area contributed by atoms with Gasteiger partial charge in [-0.2, -0.15) is 5.26 Å². The number of hydrogen-bond acceptors (Lipinski definition) is 4. The number of nitriles is 1. The topological polar surface area (TPSA) is 42.3 Å². The maximum atomic E-state index is 13.8. The van der Waals surface area contributed by atoms with Crippen molar-refractivity contribution in [3.05, 3.63) is 35.1 Å². The summed E-state index contributed by atoms with van der Waals surface area (Å²) in [6, 6.07) is 6.77. The zero-order valence-corrected chi connectivity index (χ0v) is 10.5. The molecule has 1 aliphatic heterocycles. The van der Waals surface area contributed by atoms with Crippen LogP contribution in [0.2, 0.25) is 0 Å². The van der Waals surface area contributed by atoms with E-state index in [1.807, 2.05) is 6.07 Å². The van der Waals surface area contributed by atoms with Gasteiger partial charge >= 0.3 is 0 Å². The van der Waals surface area contributed by atoms with Crippen LogP contribution in [0.3, 0.4) is 0 Å². The normalized spacial score (nSPS) is 17.6. The van der Waals surface area contributed by atoms with Gasteiger partial charge < -0.3 is 4.90 Å². The number of hydrogen-bond donors (Lipinski definition) is 1. The van der Waals surface area contributed by atoms with Crippen molar-refractivity contribution in [1.82, 2.24) is 15.3 Å². The summed E-state index contributed by atoms with van der Waals surface area (Å²) in [5.74, 6) is -0.415. The SMILES string of the molecule is CN1CCN(NCc2cccc(C#N)c2F)CC1. The second kappa shape index (κ2) is 5.91. The molecule has 0 bridgehead atoms. The molecule has 1 aromatic carbocycles. The Kier molecular flexibility index (Phi) is 4.26. The van der Waals surface area contributed by atoms with Crippen molar-refractivity contribution >= 4 is 0 Å². The Bertz CT molecular complexity index is 447. The van der Waals surface area contributed by atoms with Crippen LogP contribution >= 0.6 is 0 Å². The number of piperazine rings is 1. The van der Waals surface area contributed by atoms with Crippen molar-refractivity contribution in [1.29, 1.82) is 5.26 Å². The smallest absolute Gasteiger partial charge is 0.145 e. The summed E-state index contributed by atoms with van der Waals surface area (Å²) in [4.78, 5) is 2.26. The van der Waals surface area contributed by atoms with Crippen molar-refractivity contribution < 1.29 is 4.39 Å². The Morgan fingerprint density at radius 1 is 1.33 bits per heavy atom. The molecule has 0 amide bonds. The number of nitrogens with zero attached hydrogens (tertiary/aromatic N) is 3. The van der Waals surface area contributed by atoms with E-state index < -0.39 is 5.82 Å². The van der Waals surface area contributed by atoms with Crippen LogP contribution < -0.4 is 5.43 Å². The third-order valence-electron chi connectivity index (χ3n) is 3.20. The molecule has 0 aliphatic carbocycles. The minimum atomic E-state index is -0.415. The highest BCUT2D eigenvalue weighted by Gasteiger charge is 2.14. The maximum Gasteiger partial charge on any atom is 0.145 e. The number of nitrogens with one attached hydrogen (secondary N) is 1. The molecule has 0 atom stereocenters. The molecule has 1 aliphatic rings. The van der Waals surface area contributed by atoms with E-state index in [9.17, 15) is 4.39 Å². The highest BCUT2D eigenvalue weighted by molar-refractivity contribution is 5.34. The number of rotatable bonds is 3. The van der Waals surface area contributed by atoms with E-state index in [0.717, 1.165) is 26.2 Å². The molecule has 0 radical (unpaired) electrons. The lowest BCUT2D eigenvalue weighted by Gasteiger charge is -2.32. The summed E-state index contributed by atoms with van der Waals surface area (Å²) in [6.07, 6.45) is 0. The van der Waals surface area contributed by atoms with Gasteiger partial charge in [-0.1, -0.05) is 12.1 Å². The van der Waals surface area contributed by atoms with Gasteiger partial charge in [0, 0.05) is 38.3 Å². The van der Waals surface area contributed by atoms with Crippen molar-refractivity contribution in [3.63, 3.8) is 0 Å². The van der Waals surface area contributed by atoms with E-state index in [-0.39, 0.29) is 5.56 Å². The first-order valence-electron chi connectivity index (χ1n) is 6.05. The molecule has 1 aromatic rings. The third kappa shape index (κ3) is 3.05. The Morgan fingerprint density at radius 2 is 2.06 bits per heavy atom. The van der Waals surface area contributed by atoms with Crippen molar-refractivity contribution in [2.24, 2.45) is 0 Å². The van der Waals surface area contributed by atoms with Gasteiger partial charge in [0.1, 0.15) is 11.9 Å². The van der Waals surface area contributed by atoms with Crippen LogP contribution in [0.1, 0.15) is 11.1 Å². The molecule has 18 heavy (non-hydrogen) atoms. The van der Waals surface area contributed by atoms with Crippen LogP contribution in [0.15, 0.2) is 18.2 Å². The van der Waals surface area contributed by atoms with Crippen molar-refractivity contribution in [2.75, 3.05) is 33.2 Å². The van der Waals surface area contributed by atoms with Gasteiger partial charge in [0.25, 0.3) is 0 Å². The third-order valence-corrected chi connectivity index (χ3v) is 3.20. The van der Waals surface area contributed by atoms with E-state index in [2.05, 4.69) is 22.4 Å². The monoisotopic (exact) mass is 248 g/mol. The Balaban J connectivity index is 1.93. The van der Waals surface area contributed by atoms with Crippen LogP contribution in [0.25, 0.3) is 0 Å².